The summed E-state index contributed by atoms with van der Waals surface area (Å²) < 4.78 is 62.2. The molecule has 0 aromatic carbocycles. The zero-order valence-corrected chi connectivity index (χ0v) is 10.2. The summed E-state index contributed by atoms with van der Waals surface area (Å²) in [6.45, 7) is 1.94. The summed E-state index contributed by atoms with van der Waals surface area (Å²) in [7, 11) is -4.05. The normalized spacial score (nSPS) is 12.5. The summed E-state index contributed by atoms with van der Waals surface area (Å²) in [6.07, 6.45) is -4.63. The second-order valence-corrected chi connectivity index (χ2v) is 5.72. The van der Waals surface area contributed by atoms with Gasteiger partial charge in [0, 0.05) is 0 Å². The molecule has 0 fully saturated rings. The summed E-state index contributed by atoms with van der Waals surface area (Å²) in [6, 6.07) is 0. The highest BCUT2D eigenvalue weighted by Gasteiger charge is 2.30. The summed E-state index contributed by atoms with van der Waals surface area (Å²) in [4.78, 5) is 11.0. The molecular formula is C9H15F3O4S. The maximum atomic E-state index is 11.8. The molecule has 0 aliphatic carbocycles. The number of esters is 1. The summed E-state index contributed by atoms with van der Waals surface area (Å²) >= 11 is 0. The molecule has 0 aromatic heterocycles. The number of alkyl halides is 3. The van der Waals surface area contributed by atoms with Gasteiger partial charge in [0.15, 0.2) is 9.84 Å². The van der Waals surface area contributed by atoms with E-state index >= 15 is 0 Å². The molecule has 0 saturated carbocycles. The Morgan fingerprint density at radius 2 is 1.88 bits per heavy atom. The number of hydrogen-bond acceptors (Lipinski definition) is 4. The lowest BCUT2D eigenvalue weighted by molar-refractivity contribution is -0.140. The number of carbonyl (C=O) groups excluding carboxylic acids is 1. The van der Waals surface area contributed by atoms with Gasteiger partial charge in [-0.2, -0.15) is 13.2 Å². The molecule has 8 heteroatoms. The lowest BCUT2D eigenvalue weighted by atomic mass is 10.4. The Balaban J connectivity index is 4.04. The van der Waals surface area contributed by atoms with Gasteiger partial charge in [0.25, 0.3) is 0 Å². The van der Waals surface area contributed by atoms with Gasteiger partial charge in [0.05, 0.1) is 18.8 Å². The number of halogens is 3. The van der Waals surface area contributed by atoms with Crippen molar-refractivity contribution in [2.75, 3.05) is 18.1 Å². The molecule has 0 amide bonds. The van der Waals surface area contributed by atoms with Crippen LogP contribution in [0.1, 0.15) is 26.2 Å². The third-order valence-electron chi connectivity index (χ3n) is 1.80. The molecule has 0 aliphatic heterocycles. The van der Waals surface area contributed by atoms with Crippen molar-refractivity contribution in [1.82, 2.24) is 0 Å². The molecule has 102 valence electrons. The molecule has 0 saturated heterocycles. The van der Waals surface area contributed by atoms with Gasteiger partial charge < -0.3 is 4.74 Å². The zero-order valence-electron chi connectivity index (χ0n) is 9.42. The molecule has 0 heterocycles. The Hall–Kier alpha value is -0.790. The van der Waals surface area contributed by atoms with E-state index in [1.165, 1.54) is 0 Å². The molecule has 0 spiro atoms. The predicted octanol–water partition coefficient (Wildman–Crippen LogP) is 1.70. The van der Waals surface area contributed by atoms with Gasteiger partial charge >= 0.3 is 12.1 Å². The molecule has 0 aliphatic rings. The lowest BCUT2D eigenvalue weighted by Crippen LogP contribution is -2.24. The van der Waals surface area contributed by atoms with Gasteiger partial charge in [0.2, 0.25) is 0 Å². The van der Waals surface area contributed by atoms with Crippen LogP contribution < -0.4 is 0 Å². The monoisotopic (exact) mass is 276 g/mol. The van der Waals surface area contributed by atoms with E-state index in [2.05, 4.69) is 4.74 Å². The minimum absolute atomic E-state index is 0.0874. The van der Waals surface area contributed by atoms with Gasteiger partial charge in [-0.1, -0.05) is 13.3 Å². The van der Waals surface area contributed by atoms with Crippen LogP contribution in [0.3, 0.4) is 0 Å². The molecule has 0 atom stereocenters. The fourth-order valence-electron chi connectivity index (χ4n) is 0.895. The van der Waals surface area contributed by atoms with Crippen LogP contribution in [0.4, 0.5) is 13.2 Å². The van der Waals surface area contributed by atoms with E-state index in [9.17, 15) is 26.4 Å². The van der Waals surface area contributed by atoms with Gasteiger partial charge in [-0.3, -0.25) is 4.79 Å². The molecule has 0 unspecified atom stereocenters. The molecule has 0 aromatic rings. The zero-order chi connectivity index (χ0) is 13.5. The largest absolute Gasteiger partial charge is 0.465 e. The topological polar surface area (TPSA) is 60.4 Å². The third kappa shape index (κ3) is 10.1. The van der Waals surface area contributed by atoms with Crippen LogP contribution in [0.2, 0.25) is 0 Å². The van der Waals surface area contributed by atoms with Crippen molar-refractivity contribution >= 4 is 15.8 Å². The molecule has 0 radical (unpaired) electrons. The maximum absolute atomic E-state index is 11.8. The highest BCUT2D eigenvalue weighted by atomic mass is 32.2. The van der Waals surface area contributed by atoms with Gasteiger partial charge in [0.1, 0.15) is 5.75 Å². The molecule has 17 heavy (non-hydrogen) atoms. The van der Waals surface area contributed by atoms with Crippen molar-refractivity contribution in [2.24, 2.45) is 0 Å². The first-order valence-corrected chi connectivity index (χ1v) is 6.91. The van der Waals surface area contributed by atoms with Crippen molar-refractivity contribution in [2.45, 2.75) is 32.4 Å². The second kappa shape index (κ2) is 6.83. The predicted molar refractivity (Wildman–Crippen MR) is 55.2 cm³/mol. The van der Waals surface area contributed by atoms with Gasteiger partial charge in [-0.25, -0.2) is 8.42 Å². The number of sulfone groups is 1. The number of rotatable bonds is 7. The summed E-state index contributed by atoms with van der Waals surface area (Å²) in [5.74, 6) is -3.08. The number of ether oxygens (including phenoxy) is 1. The molecule has 0 N–H and O–H groups in total. The Bertz CT molecular complexity index is 335. The Morgan fingerprint density at radius 3 is 2.35 bits per heavy atom. The quantitative estimate of drug-likeness (QED) is 0.524. The standard InChI is InChI=1S/C9H15F3O4S/c1-2-3-5-16-8(13)7-17(14,15)6-4-9(10,11)12/h2-7H2,1H3. The van der Waals surface area contributed by atoms with Crippen LogP contribution in [0.5, 0.6) is 0 Å². The average molecular weight is 276 g/mol. The van der Waals surface area contributed by atoms with Crippen molar-refractivity contribution in [3.8, 4) is 0 Å². The van der Waals surface area contributed by atoms with E-state index < -0.39 is 39.9 Å². The summed E-state index contributed by atoms with van der Waals surface area (Å²) in [5, 5.41) is 0. The van der Waals surface area contributed by atoms with Crippen LogP contribution >= 0.6 is 0 Å². The van der Waals surface area contributed by atoms with Crippen molar-refractivity contribution in [3.63, 3.8) is 0 Å². The molecule has 4 nitrogen and oxygen atoms in total. The highest BCUT2D eigenvalue weighted by molar-refractivity contribution is 7.92. The SMILES string of the molecule is CCCCOC(=O)CS(=O)(=O)CCC(F)(F)F. The minimum atomic E-state index is -4.54. The van der Waals surface area contributed by atoms with Crippen LogP contribution in [-0.2, 0) is 19.4 Å². The van der Waals surface area contributed by atoms with E-state index in [0.29, 0.717) is 6.42 Å². The first-order chi connectivity index (χ1) is 7.66. The van der Waals surface area contributed by atoms with Crippen molar-refractivity contribution in [1.29, 1.82) is 0 Å². The number of hydrogen-bond donors (Lipinski definition) is 0. The van der Waals surface area contributed by atoms with E-state index in [-0.39, 0.29) is 6.61 Å². The lowest BCUT2D eigenvalue weighted by Gasteiger charge is -2.07. The number of unbranched alkanes of at least 4 members (excludes halogenated alkanes) is 1. The van der Waals surface area contributed by atoms with E-state index in [1.54, 1.807) is 0 Å². The van der Waals surface area contributed by atoms with E-state index in [4.69, 9.17) is 0 Å². The van der Waals surface area contributed by atoms with E-state index in [1.807, 2.05) is 6.92 Å². The average Bonchev–Trinajstić information content (AvgIpc) is 2.14. The van der Waals surface area contributed by atoms with Crippen molar-refractivity contribution in [3.05, 3.63) is 0 Å². The number of carbonyl (C=O) groups is 1. The Morgan fingerprint density at radius 1 is 1.29 bits per heavy atom. The Kier molecular flexibility index (Phi) is 6.51. The third-order valence-corrected chi connectivity index (χ3v) is 3.30. The van der Waals surface area contributed by atoms with Crippen molar-refractivity contribution < 1.29 is 31.1 Å². The minimum Gasteiger partial charge on any atom is -0.465 e. The summed E-state index contributed by atoms with van der Waals surface area (Å²) in [5.41, 5.74) is 0. The molecule has 0 bridgehead atoms. The first kappa shape index (κ1) is 16.2. The Labute approximate surface area is 98.1 Å². The molecular weight excluding hydrogens is 261 g/mol. The van der Waals surface area contributed by atoms with Crippen LogP contribution in [0.15, 0.2) is 0 Å². The van der Waals surface area contributed by atoms with Crippen LogP contribution in [-0.4, -0.2) is 38.7 Å². The van der Waals surface area contributed by atoms with E-state index in [0.717, 1.165) is 6.42 Å². The van der Waals surface area contributed by atoms with Gasteiger partial charge in [-0.05, 0) is 6.42 Å². The first-order valence-electron chi connectivity index (χ1n) is 5.09. The highest BCUT2D eigenvalue weighted by Crippen LogP contribution is 2.20. The second-order valence-electron chi connectivity index (χ2n) is 3.53. The van der Waals surface area contributed by atoms with Crippen LogP contribution in [0, 0.1) is 0 Å². The fourth-order valence-corrected chi connectivity index (χ4v) is 2.02. The smallest absolute Gasteiger partial charge is 0.390 e. The fraction of sp³-hybridized carbons (Fsp3) is 0.889. The van der Waals surface area contributed by atoms with Crippen LogP contribution in [0.25, 0.3) is 0 Å². The molecule has 0 rings (SSSR count). The maximum Gasteiger partial charge on any atom is 0.390 e. The van der Waals surface area contributed by atoms with Gasteiger partial charge in [-0.15, -0.1) is 0 Å².